The molecular weight excluding hydrogens is 414 g/mol. The molecule has 8 nitrogen and oxygen atoms in total. The van der Waals surface area contributed by atoms with Gasteiger partial charge in [-0.15, -0.1) is 0 Å². The average Bonchev–Trinajstić information content (AvgIpc) is 3.06. The largest absolute Gasteiger partial charge is 0.324 e. The van der Waals surface area contributed by atoms with Crippen LogP contribution in [0.2, 0.25) is 5.15 Å². The van der Waals surface area contributed by atoms with Gasteiger partial charge in [0.25, 0.3) is 5.56 Å². The van der Waals surface area contributed by atoms with Crippen molar-refractivity contribution in [2.75, 3.05) is 11.9 Å². The number of hydrogen-bond donors (Lipinski definition) is 2. The van der Waals surface area contributed by atoms with Crippen LogP contribution in [0.5, 0.6) is 0 Å². The molecule has 1 aliphatic heterocycles. The van der Waals surface area contributed by atoms with Crippen LogP contribution in [-0.4, -0.2) is 30.9 Å². The first-order valence-corrected chi connectivity index (χ1v) is 10.6. The molecule has 0 saturated carbocycles. The van der Waals surface area contributed by atoms with Crippen molar-refractivity contribution in [1.82, 2.24) is 29.6 Å². The zero-order valence-corrected chi connectivity index (χ0v) is 18.0. The number of nitrogens with zero attached hydrogens (tertiary/aromatic N) is 5. The van der Waals surface area contributed by atoms with E-state index in [2.05, 4.69) is 37.7 Å². The highest BCUT2D eigenvalue weighted by molar-refractivity contribution is 6.29. The van der Waals surface area contributed by atoms with E-state index in [1.165, 1.54) is 11.1 Å². The van der Waals surface area contributed by atoms with Crippen LogP contribution in [-0.2, 0) is 13.0 Å². The van der Waals surface area contributed by atoms with Gasteiger partial charge >= 0.3 is 0 Å². The summed E-state index contributed by atoms with van der Waals surface area (Å²) in [6.07, 6.45) is 2.59. The summed E-state index contributed by atoms with van der Waals surface area (Å²) in [7, 11) is 0. The van der Waals surface area contributed by atoms with Crippen LogP contribution in [0, 0.1) is 0 Å². The summed E-state index contributed by atoms with van der Waals surface area (Å²) in [5, 5.41) is 7.43. The Kier molecular flexibility index (Phi) is 4.95. The predicted molar refractivity (Wildman–Crippen MR) is 121 cm³/mol. The van der Waals surface area contributed by atoms with Crippen molar-refractivity contribution in [3.8, 4) is 5.82 Å². The van der Waals surface area contributed by atoms with Crippen LogP contribution in [0.15, 0.2) is 47.4 Å². The second kappa shape index (κ2) is 7.79. The van der Waals surface area contributed by atoms with Crippen LogP contribution in [0.3, 0.4) is 0 Å². The first-order chi connectivity index (χ1) is 15.0. The molecule has 4 aromatic rings. The van der Waals surface area contributed by atoms with Crippen molar-refractivity contribution in [1.29, 1.82) is 0 Å². The molecule has 3 aromatic heterocycles. The Morgan fingerprint density at radius 3 is 2.84 bits per heavy atom. The summed E-state index contributed by atoms with van der Waals surface area (Å²) in [5.74, 6) is 0.936. The Morgan fingerprint density at radius 1 is 1.16 bits per heavy atom. The lowest BCUT2D eigenvalue weighted by molar-refractivity contribution is 0.472. The zero-order chi connectivity index (χ0) is 21.5. The summed E-state index contributed by atoms with van der Waals surface area (Å²) >= 11 is 6.12. The van der Waals surface area contributed by atoms with Crippen molar-refractivity contribution < 1.29 is 0 Å². The van der Waals surface area contributed by atoms with Gasteiger partial charge < -0.3 is 10.6 Å². The van der Waals surface area contributed by atoms with Crippen LogP contribution in [0.4, 0.5) is 11.6 Å². The monoisotopic (exact) mass is 435 g/mol. The van der Waals surface area contributed by atoms with Gasteiger partial charge in [-0.3, -0.25) is 4.79 Å². The third-order valence-electron chi connectivity index (χ3n) is 5.38. The van der Waals surface area contributed by atoms with E-state index in [1.807, 2.05) is 19.9 Å². The minimum atomic E-state index is -0.168. The van der Waals surface area contributed by atoms with E-state index < -0.39 is 0 Å². The number of rotatable bonds is 4. The Hall–Kier alpha value is -3.23. The maximum Gasteiger partial charge on any atom is 0.278 e. The van der Waals surface area contributed by atoms with Gasteiger partial charge in [-0.2, -0.15) is 4.98 Å². The number of anilines is 2. The van der Waals surface area contributed by atoms with Gasteiger partial charge in [0.15, 0.2) is 11.5 Å². The fourth-order valence-electron chi connectivity index (χ4n) is 3.95. The maximum atomic E-state index is 13.1. The molecule has 0 spiro atoms. The molecule has 0 radical (unpaired) electrons. The molecule has 158 valence electrons. The second-order valence-electron chi connectivity index (χ2n) is 7.84. The molecule has 4 heterocycles. The van der Waals surface area contributed by atoms with E-state index in [-0.39, 0.29) is 11.6 Å². The Bertz CT molecular complexity index is 1340. The predicted octanol–water partition coefficient (Wildman–Crippen LogP) is 3.60. The van der Waals surface area contributed by atoms with Gasteiger partial charge in [0, 0.05) is 24.5 Å². The van der Waals surface area contributed by atoms with Crippen LogP contribution in [0.1, 0.15) is 31.0 Å². The van der Waals surface area contributed by atoms with E-state index in [0.29, 0.717) is 28.0 Å². The van der Waals surface area contributed by atoms with Crippen molar-refractivity contribution in [2.24, 2.45) is 0 Å². The lowest BCUT2D eigenvalue weighted by Crippen LogP contribution is -2.24. The average molecular weight is 436 g/mol. The summed E-state index contributed by atoms with van der Waals surface area (Å²) in [5.41, 5.74) is 3.84. The van der Waals surface area contributed by atoms with Gasteiger partial charge in [-0.1, -0.05) is 23.7 Å². The number of pyridine rings is 1. The van der Waals surface area contributed by atoms with E-state index >= 15 is 0 Å². The number of hydrogen-bond acceptors (Lipinski definition) is 6. The quantitative estimate of drug-likeness (QED) is 0.476. The topological polar surface area (TPSA) is 89.7 Å². The maximum absolute atomic E-state index is 13.1. The normalized spacial score (nSPS) is 13.5. The van der Waals surface area contributed by atoms with Gasteiger partial charge in [0.1, 0.15) is 10.5 Å². The third-order valence-corrected chi connectivity index (χ3v) is 5.59. The number of halogens is 1. The molecule has 1 aliphatic rings. The molecule has 0 unspecified atom stereocenters. The SMILES string of the molecule is CC(C)n1c(=O)c2cnc(Nc3ccc4c(c3)CNCC4)nc2n1-c1cccc(Cl)n1. The molecule has 0 atom stereocenters. The van der Waals surface area contributed by atoms with Crippen LogP contribution in [0.25, 0.3) is 16.9 Å². The first kappa shape index (κ1) is 19.7. The third kappa shape index (κ3) is 3.58. The van der Waals surface area contributed by atoms with E-state index in [9.17, 15) is 4.79 Å². The van der Waals surface area contributed by atoms with E-state index in [4.69, 9.17) is 11.6 Å². The second-order valence-corrected chi connectivity index (χ2v) is 8.23. The number of aromatic nitrogens is 5. The number of nitrogens with one attached hydrogen (secondary N) is 2. The molecule has 0 aliphatic carbocycles. The molecular formula is C22H22ClN7O. The molecule has 0 amide bonds. The number of fused-ring (bicyclic) bond motifs is 2. The lowest BCUT2D eigenvalue weighted by atomic mass is 10.0. The highest BCUT2D eigenvalue weighted by Gasteiger charge is 2.20. The van der Waals surface area contributed by atoms with Crippen molar-refractivity contribution >= 4 is 34.3 Å². The van der Waals surface area contributed by atoms with Crippen molar-refractivity contribution in [3.63, 3.8) is 0 Å². The van der Waals surface area contributed by atoms with Gasteiger partial charge in [-0.05, 0) is 62.2 Å². The van der Waals surface area contributed by atoms with E-state index in [0.717, 1.165) is 25.2 Å². The summed E-state index contributed by atoms with van der Waals surface area (Å²) in [6, 6.07) is 11.5. The van der Waals surface area contributed by atoms with Crippen molar-refractivity contribution in [2.45, 2.75) is 32.9 Å². The highest BCUT2D eigenvalue weighted by Crippen LogP contribution is 2.23. The highest BCUT2D eigenvalue weighted by atomic mass is 35.5. The molecule has 0 saturated heterocycles. The standard InChI is InChI=1S/C22H22ClN7O/c1-13(2)29-21(31)17-12-25-22(26-16-7-6-14-8-9-24-11-15(14)10-16)28-20(17)30(29)19-5-3-4-18(23)27-19/h3-7,10,12-13,24H,8-9,11H2,1-2H3,(H,25,26,28). The summed E-state index contributed by atoms with van der Waals surface area (Å²) < 4.78 is 3.32. The molecule has 9 heteroatoms. The fourth-order valence-corrected chi connectivity index (χ4v) is 4.11. The molecule has 2 N–H and O–H groups in total. The van der Waals surface area contributed by atoms with E-state index in [1.54, 1.807) is 33.8 Å². The smallest absolute Gasteiger partial charge is 0.278 e. The first-order valence-electron chi connectivity index (χ1n) is 10.2. The molecule has 31 heavy (non-hydrogen) atoms. The lowest BCUT2D eigenvalue weighted by Gasteiger charge is -2.18. The minimum absolute atomic E-state index is 0.105. The Balaban J connectivity index is 1.62. The van der Waals surface area contributed by atoms with Crippen LogP contribution >= 0.6 is 11.6 Å². The Morgan fingerprint density at radius 2 is 2.03 bits per heavy atom. The fraction of sp³-hybridized carbons (Fsp3) is 0.273. The molecule has 5 rings (SSSR count). The molecule has 0 bridgehead atoms. The van der Waals surface area contributed by atoms with Crippen LogP contribution < -0.4 is 16.2 Å². The van der Waals surface area contributed by atoms with Gasteiger partial charge in [-0.25, -0.2) is 19.3 Å². The summed E-state index contributed by atoms with van der Waals surface area (Å²) in [6.45, 7) is 5.73. The molecule has 1 aromatic carbocycles. The van der Waals surface area contributed by atoms with Gasteiger partial charge in [0.2, 0.25) is 5.95 Å². The molecule has 0 fully saturated rings. The van der Waals surface area contributed by atoms with Gasteiger partial charge in [0.05, 0.1) is 0 Å². The summed E-state index contributed by atoms with van der Waals surface area (Å²) in [4.78, 5) is 26.5. The minimum Gasteiger partial charge on any atom is -0.324 e. The Labute approximate surface area is 183 Å². The zero-order valence-electron chi connectivity index (χ0n) is 17.3. The van der Waals surface area contributed by atoms with Crippen molar-refractivity contribution in [3.05, 3.63) is 69.2 Å². The number of benzene rings is 1.